The Morgan fingerprint density at radius 2 is 1.95 bits per heavy atom. The maximum atomic E-state index is 11.8. The summed E-state index contributed by atoms with van der Waals surface area (Å²) in [4.78, 5) is 23.9. The summed E-state index contributed by atoms with van der Waals surface area (Å²) in [6.45, 7) is 0.874. The van der Waals surface area contributed by atoms with E-state index in [1.54, 1.807) is 17.5 Å². The van der Waals surface area contributed by atoms with Crippen molar-refractivity contribution in [2.75, 3.05) is 18.4 Å². The Morgan fingerprint density at radius 1 is 1.09 bits per heavy atom. The van der Waals surface area contributed by atoms with E-state index < -0.39 is 11.7 Å². The number of anilines is 1. The van der Waals surface area contributed by atoms with Crippen LogP contribution >= 0.6 is 22.9 Å². The summed E-state index contributed by atoms with van der Waals surface area (Å²) in [5, 5.41) is 8.62. The van der Waals surface area contributed by atoms with Gasteiger partial charge in [-0.2, -0.15) is 4.37 Å². The Kier molecular flexibility index (Phi) is 4.45. The molecule has 5 nitrogen and oxygen atoms in total. The molecule has 0 aliphatic heterocycles. The maximum Gasteiger partial charge on any atom is 0.293 e. The fourth-order valence-corrected chi connectivity index (χ4v) is 3.39. The van der Waals surface area contributed by atoms with Crippen LogP contribution in [0, 0.1) is 0 Å². The Bertz CT molecular complexity index is 796. The van der Waals surface area contributed by atoms with E-state index in [1.165, 1.54) is 22.9 Å². The molecule has 0 aliphatic rings. The van der Waals surface area contributed by atoms with Crippen molar-refractivity contribution in [3.05, 3.63) is 46.7 Å². The minimum Gasteiger partial charge on any atom is -0.367 e. The quantitative estimate of drug-likeness (QED) is 0.414. The van der Waals surface area contributed by atoms with Crippen LogP contribution in [-0.4, -0.2) is 29.2 Å². The molecule has 1 amide bonds. The number of carbonyl (C=O) groups excluding carboxylic acids is 2. The average molecular weight is 331 g/mol. The standard InChI is InChI=1S/C15H13N3O2S2/c19-13(12-6-3-9-21-12)15(20)17-8-7-16-14-10-4-1-2-5-11(10)22-18-14/h1-6,9H,7-8H2,(H,16,18)(H,17,20). The largest absolute Gasteiger partial charge is 0.367 e. The Morgan fingerprint density at radius 3 is 2.77 bits per heavy atom. The van der Waals surface area contributed by atoms with Gasteiger partial charge in [0.2, 0.25) is 0 Å². The van der Waals surface area contributed by atoms with Crippen LogP contribution < -0.4 is 10.6 Å². The normalized spacial score (nSPS) is 10.5. The van der Waals surface area contributed by atoms with E-state index in [0.717, 1.165) is 15.9 Å². The molecular weight excluding hydrogens is 318 g/mol. The fraction of sp³-hybridized carbons (Fsp3) is 0.133. The molecule has 0 radical (unpaired) electrons. The van der Waals surface area contributed by atoms with E-state index in [2.05, 4.69) is 15.0 Å². The number of nitrogens with one attached hydrogen (secondary N) is 2. The Hall–Kier alpha value is -2.25. The molecule has 0 atom stereocenters. The van der Waals surface area contributed by atoms with Crippen molar-refractivity contribution >= 4 is 50.5 Å². The van der Waals surface area contributed by atoms with Crippen LogP contribution in [0.1, 0.15) is 9.67 Å². The molecule has 3 aromatic rings. The van der Waals surface area contributed by atoms with Crippen LogP contribution in [0.2, 0.25) is 0 Å². The number of carbonyl (C=O) groups is 2. The summed E-state index contributed by atoms with van der Waals surface area (Å²) in [5.41, 5.74) is 0. The van der Waals surface area contributed by atoms with Gasteiger partial charge in [-0.15, -0.1) is 11.3 Å². The van der Waals surface area contributed by atoms with Gasteiger partial charge in [-0.3, -0.25) is 9.59 Å². The molecule has 0 spiro atoms. The van der Waals surface area contributed by atoms with Gasteiger partial charge < -0.3 is 10.6 Å². The molecule has 0 aliphatic carbocycles. The van der Waals surface area contributed by atoms with Gasteiger partial charge in [-0.05, 0) is 35.1 Å². The number of amides is 1. The molecule has 2 heterocycles. The third-order valence-corrected chi connectivity index (χ3v) is 4.73. The third-order valence-electron chi connectivity index (χ3n) is 3.03. The van der Waals surface area contributed by atoms with E-state index in [0.29, 0.717) is 18.0 Å². The van der Waals surface area contributed by atoms with Gasteiger partial charge in [-0.1, -0.05) is 18.2 Å². The lowest BCUT2D eigenvalue weighted by atomic mass is 10.2. The zero-order valence-corrected chi connectivity index (χ0v) is 13.2. The van der Waals surface area contributed by atoms with Crippen molar-refractivity contribution in [3.63, 3.8) is 0 Å². The van der Waals surface area contributed by atoms with Crippen LogP contribution in [0.5, 0.6) is 0 Å². The summed E-state index contributed by atoms with van der Waals surface area (Å²) < 4.78 is 5.45. The number of thiophene rings is 1. The van der Waals surface area contributed by atoms with E-state index in [1.807, 2.05) is 24.3 Å². The SMILES string of the molecule is O=C(NCCNc1nsc2ccccc12)C(=O)c1cccs1. The van der Waals surface area contributed by atoms with Crippen LogP contribution in [0.3, 0.4) is 0 Å². The summed E-state index contributed by atoms with van der Waals surface area (Å²) in [5.74, 6) is -0.263. The molecule has 7 heteroatoms. The van der Waals surface area contributed by atoms with Gasteiger partial charge in [0.15, 0.2) is 0 Å². The highest BCUT2D eigenvalue weighted by Gasteiger charge is 2.16. The van der Waals surface area contributed by atoms with E-state index >= 15 is 0 Å². The second kappa shape index (κ2) is 6.67. The van der Waals surface area contributed by atoms with Gasteiger partial charge in [0.1, 0.15) is 5.82 Å². The maximum absolute atomic E-state index is 11.8. The highest BCUT2D eigenvalue weighted by Crippen LogP contribution is 2.25. The van der Waals surface area contributed by atoms with Crippen molar-refractivity contribution < 1.29 is 9.59 Å². The molecule has 0 bridgehead atoms. The smallest absolute Gasteiger partial charge is 0.293 e. The summed E-state index contributed by atoms with van der Waals surface area (Å²) in [6.07, 6.45) is 0. The highest BCUT2D eigenvalue weighted by molar-refractivity contribution is 7.13. The van der Waals surface area contributed by atoms with Crippen molar-refractivity contribution in [2.45, 2.75) is 0 Å². The number of benzene rings is 1. The van der Waals surface area contributed by atoms with Gasteiger partial charge in [0.05, 0.1) is 9.58 Å². The lowest BCUT2D eigenvalue weighted by Gasteiger charge is -2.05. The topological polar surface area (TPSA) is 71.1 Å². The first-order chi connectivity index (χ1) is 10.8. The van der Waals surface area contributed by atoms with Crippen LogP contribution in [0.15, 0.2) is 41.8 Å². The van der Waals surface area contributed by atoms with Crippen molar-refractivity contribution in [3.8, 4) is 0 Å². The van der Waals surface area contributed by atoms with Crippen LogP contribution in [-0.2, 0) is 4.79 Å². The first-order valence-corrected chi connectivity index (χ1v) is 8.35. The van der Waals surface area contributed by atoms with Crippen molar-refractivity contribution in [2.24, 2.45) is 0 Å². The van der Waals surface area contributed by atoms with Crippen molar-refractivity contribution in [1.29, 1.82) is 0 Å². The van der Waals surface area contributed by atoms with Gasteiger partial charge >= 0.3 is 0 Å². The van der Waals surface area contributed by atoms with Crippen LogP contribution in [0.25, 0.3) is 10.1 Å². The first kappa shape index (κ1) is 14.7. The number of hydrogen-bond acceptors (Lipinski definition) is 6. The number of rotatable bonds is 6. The molecular formula is C15H13N3O2S2. The molecule has 0 saturated heterocycles. The van der Waals surface area contributed by atoms with E-state index in [9.17, 15) is 9.59 Å². The number of Topliss-reactive ketones (excluding diaryl/α,β-unsaturated/α-hetero) is 1. The zero-order chi connectivity index (χ0) is 15.4. The molecule has 3 rings (SSSR count). The second-order valence-electron chi connectivity index (χ2n) is 4.52. The molecule has 1 aromatic carbocycles. The summed E-state index contributed by atoms with van der Waals surface area (Å²) >= 11 is 2.69. The number of fused-ring (bicyclic) bond motifs is 1. The average Bonchev–Trinajstić information content (AvgIpc) is 3.20. The predicted octanol–water partition coefficient (Wildman–Crippen LogP) is 2.77. The second-order valence-corrected chi connectivity index (χ2v) is 6.27. The Labute approximate surface area is 135 Å². The molecule has 0 saturated carbocycles. The lowest BCUT2D eigenvalue weighted by molar-refractivity contribution is -0.116. The van der Waals surface area contributed by atoms with Gasteiger partial charge in [0, 0.05) is 18.5 Å². The van der Waals surface area contributed by atoms with Gasteiger partial charge in [0.25, 0.3) is 11.7 Å². The number of ketones is 1. The summed E-state index contributed by atoms with van der Waals surface area (Å²) in [6, 6.07) is 11.3. The monoisotopic (exact) mass is 331 g/mol. The van der Waals surface area contributed by atoms with Crippen LogP contribution in [0.4, 0.5) is 5.82 Å². The predicted molar refractivity (Wildman–Crippen MR) is 89.8 cm³/mol. The highest BCUT2D eigenvalue weighted by atomic mass is 32.1. The van der Waals surface area contributed by atoms with Gasteiger partial charge in [-0.25, -0.2) is 0 Å². The first-order valence-electron chi connectivity index (χ1n) is 6.70. The minimum atomic E-state index is -0.576. The molecule has 2 aromatic heterocycles. The summed E-state index contributed by atoms with van der Waals surface area (Å²) in [7, 11) is 0. The number of hydrogen-bond donors (Lipinski definition) is 2. The molecule has 22 heavy (non-hydrogen) atoms. The third kappa shape index (κ3) is 3.15. The molecule has 2 N–H and O–H groups in total. The lowest BCUT2D eigenvalue weighted by Crippen LogP contribution is -2.34. The van der Waals surface area contributed by atoms with Crippen molar-refractivity contribution in [1.82, 2.24) is 9.69 Å². The van der Waals surface area contributed by atoms with E-state index in [4.69, 9.17) is 0 Å². The zero-order valence-electron chi connectivity index (χ0n) is 11.5. The fourth-order valence-electron chi connectivity index (χ4n) is 1.97. The Balaban J connectivity index is 1.49. The molecule has 0 unspecified atom stereocenters. The molecule has 112 valence electrons. The minimum absolute atomic E-state index is 0.363. The number of nitrogens with zero attached hydrogens (tertiary/aromatic N) is 1. The van der Waals surface area contributed by atoms with E-state index in [-0.39, 0.29) is 0 Å². The molecule has 0 fully saturated rings. The number of aromatic nitrogens is 1.